The van der Waals surface area contributed by atoms with Gasteiger partial charge in [0.15, 0.2) is 0 Å². The van der Waals surface area contributed by atoms with Crippen molar-refractivity contribution in [2.24, 2.45) is 0 Å². The number of likely N-dealkylation sites (tertiary alicyclic amines) is 1. The largest absolute Gasteiger partial charge is 0.480 e. The predicted octanol–water partition coefficient (Wildman–Crippen LogP) is 1.57. The van der Waals surface area contributed by atoms with E-state index in [1.54, 1.807) is 4.90 Å². The van der Waals surface area contributed by atoms with E-state index in [1.165, 1.54) is 0 Å². The van der Waals surface area contributed by atoms with Gasteiger partial charge in [0.05, 0.1) is 6.54 Å². The first-order chi connectivity index (χ1) is 13.5. The minimum Gasteiger partial charge on any atom is -0.480 e. The Labute approximate surface area is 166 Å². The van der Waals surface area contributed by atoms with E-state index in [0.717, 1.165) is 31.2 Å². The van der Waals surface area contributed by atoms with Crippen LogP contribution in [0, 0.1) is 0 Å². The van der Waals surface area contributed by atoms with Crippen LogP contribution in [-0.2, 0) is 20.8 Å². The number of benzene rings is 1. The number of piperidine rings is 1. The third-order valence-electron chi connectivity index (χ3n) is 5.07. The number of nitrogens with zero attached hydrogens (tertiary/aromatic N) is 1. The summed E-state index contributed by atoms with van der Waals surface area (Å²) >= 11 is 0. The molecule has 1 fully saturated rings. The van der Waals surface area contributed by atoms with Crippen LogP contribution in [0.3, 0.4) is 0 Å². The number of carboxylic acid groups (broad SMARTS) is 1. The smallest absolute Gasteiger partial charge is 0.320 e. The summed E-state index contributed by atoms with van der Waals surface area (Å²) in [6, 6.07) is 9.33. The van der Waals surface area contributed by atoms with Crippen LogP contribution < -0.4 is 10.6 Å². The number of amides is 2. The van der Waals surface area contributed by atoms with Crippen LogP contribution in [0.1, 0.15) is 44.6 Å². The second-order valence-electron chi connectivity index (χ2n) is 7.27. The van der Waals surface area contributed by atoms with Crippen molar-refractivity contribution in [2.75, 3.05) is 19.6 Å². The topological polar surface area (TPSA) is 98.7 Å². The van der Waals surface area contributed by atoms with Crippen LogP contribution >= 0.6 is 0 Å². The molecule has 0 radical (unpaired) electrons. The second-order valence-corrected chi connectivity index (χ2v) is 7.27. The summed E-state index contributed by atoms with van der Waals surface area (Å²) in [6.45, 7) is 3.11. The van der Waals surface area contributed by atoms with Gasteiger partial charge in [-0.15, -0.1) is 0 Å². The predicted molar refractivity (Wildman–Crippen MR) is 107 cm³/mol. The van der Waals surface area contributed by atoms with Crippen molar-refractivity contribution in [3.63, 3.8) is 0 Å². The number of aliphatic carboxylic acids is 1. The Bertz CT molecular complexity index is 642. The fourth-order valence-electron chi connectivity index (χ4n) is 3.40. The van der Waals surface area contributed by atoms with Crippen molar-refractivity contribution in [1.29, 1.82) is 0 Å². The normalized spacial score (nSPS) is 15.8. The molecule has 0 aromatic heterocycles. The average Bonchev–Trinajstić information content (AvgIpc) is 2.70. The molecule has 0 saturated carbocycles. The zero-order valence-electron chi connectivity index (χ0n) is 16.5. The fourth-order valence-corrected chi connectivity index (χ4v) is 3.40. The van der Waals surface area contributed by atoms with Gasteiger partial charge in [-0.25, -0.2) is 0 Å². The minimum absolute atomic E-state index is 0.0328. The molecule has 154 valence electrons. The van der Waals surface area contributed by atoms with Crippen LogP contribution in [0.5, 0.6) is 0 Å². The van der Waals surface area contributed by atoms with Crippen molar-refractivity contribution >= 4 is 17.8 Å². The van der Waals surface area contributed by atoms with Gasteiger partial charge in [-0.3, -0.25) is 19.7 Å². The zero-order valence-corrected chi connectivity index (χ0v) is 16.5. The number of hydrogen-bond acceptors (Lipinski definition) is 4. The number of nitrogens with one attached hydrogen (secondary N) is 2. The number of rotatable bonds is 10. The maximum absolute atomic E-state index is 12.3. The maximum atomic E-state index is 12.3. The molecule has 2 amide bonds. The number of carbonyl (C=O) groups is 3. The monoisotopic (exact) mass is 389 g/mol. The van der Waals surface area contributed by atoms with Crippen LogP contribution in [0.2, 0.25) is 0 Å². The molecule has 1 aromatic carbocycles. The quantitative estimate of drug-likeness (QED) is 0.564. The molecule has 7 nitrogen and oxygen atoms in total. The van der Waals surface area contributed by atoms with Gasteiger partial charge < -0.3 is 15.3 Å². The van der Waals surface area contributed by atoms with Gasteiger partial charge in [-0.1, -0.05) is 43.7 Å². The molecule has 1 unspecified atom stereocenters. The molecular weight excluding hydrogens is 358 g/mol. The molecule has 1 atom stereocenters. The van der Waals surface area contributed by atoms with E-state index in [4.69, 9.17) is 5.11 Å². The molecule has 1 aliphatic heterocycles. The molecule has 0 aliphatic carbocycles. The number of hydrogen-bond donors (Lipinski definition) is 3. The Hall–Kier alpha value is -2.41. The summed E-state index contributed by atoms with van der Waals surface area (Å²) in [4.78, 5) is 37.3. The first-order valence-corrected chi connectivity index (χ1v) is 10.1. The lowest BCUT2D eigenvalue weighted by Crippen LogP contribution is -2.50. The van der Waals surface area contributed by atoms with Gasteiger partial charge >= 0.3 is 5.97 Å². The van der Waals surface area contributed by atoms with Crippen LogP contribution in [0.4, 0.5) is 0 Å². The van der Waals surface area contributed by atoms with Crippen molar-refractivity contribution in [2.45, 2.75) is 57.5 Å². The fraction of sp³-hybridized carbons (Fsp3) is 0.571. The summed E-state index contributed by atoms with van der Waals surface area (Å²) in [6.07, 6.45) is 3.87. The van der Waals surface area contributed by atoms with E-state index in [9.17, 15) is 14.4 Å². The Morgan fingerprint density at radius 2 is 1.86 bits per heavy atom. The molecule has 7 heteroatoms. The van der Waals surface area contributed by atoms with Crippen LogP contribution in [0.25, 0.3) is 0 Å². The van der Waals surface area contributed by atoms with Gasteiger partial charge in [0.2, 0.25) is 11.8 Å². The zero-order chi connectivity index (χ0) is 20.4. The van der Waals surface area contributed by atoms with E-state index in [1.807, 2.05) is 37.3 Å². The summed E-state index contributed by atoms with van der Waals surface area (Å²) in [5, 5.41) is 15.0. The Balaban J connectivity index is 1.66. The number of aryl methyl sites for hydroxylation is 1. The highest BCUT2D eigenvalue weighted by molar-refractivity contribution is 5.80. The third kappa shape index (κ3) is 7.31. The van der Waals surface area contributed by atoms with Crippen molar-refractivity contribution in [1.82, 2.24) is 15.5 Å². The van der Waals surface area contributed by atoms with Gasteiger partial charge in [-0.2, -0.15) is 0 Å². The molecular formula is C21H31N3O4. The molecule has 28 heavy (non-hydrogen) atoms. The minimum atomic E-state index is -0.924. The Kier molecular flexibility index (Phi) is 8.94. The molecule has 1 heterocycles. The van der Waals surface area contributed by atoms with E-state index >= 15 is 0 Å². The Morgan fingerprint density at radius 1 is 1.18 bits per heavy atom. The molecule has 1 aliphatic rings. The lowest BCUT2D eigenvalue weighted by molar-refractivity contribution is -0.140. The number of carbonyl (C=O) groups excluding carboxylic acids is 2. The van der Waals surface area contributed by atoms with Crippen molar-refractivity contribution in [3.05, 3.63) is 35.9 Å². The number of carboxylic acids is 1. The SMILES string of the molecule is CCCC(NCC(=O)N1CCC(NC(=O)CCc2ccccc2)CC1)C(=O)O. The van der Waals surface area contributed by atoms with E-state index in [-0.39, 0.29) is 24.4 Å². The average molecular weight is 389 g/mol. The van der Waals surface area contributed by atoms with Crippen molar-refractivity contribution < 1.29 is 19.5 Å². The highest BCUT2D eigenvalue weighted by Gasteiger charge is 2.25. The van der Waals surface area contributed by atoms with Crippen LogP contribution in [0.15, 0.2) is 30.3 Å². The summed E-state index contributed by atoms with van der Waals surface area (Å²) in [5.74, 6) is -0.970. The van der Waals surface area contributed by atoms with Gasteiger partial charge in [0.25, 0.3) is 0 Å². The van der Waals surface area contributed by atoms with Gasteiger partial charge in [0, 0.05) is 25.6 Å². The Morgan fingerprint density at radius 3 is 2.46 bits per heavy atom. The van der Waals surface area contributed by atoms with Gasteiger partial charge in [0.1, 0.15) is 6.04 Å². The lowest BCUT2D eigenvalue weighted by atomic mass is 10.0. The molecule has 1 aromatic rings. The highest BCUT2D eigenvalue weighted by Crippen LogP contribution is 2.11. The molecule has 3 N–H and O–H groups in total. The summed E-state index contributed by atoms with van der Waals surface area (Å²) in [7, 11) is 0. The standard InChI is InChI=1S/C21H31N3O4/c1-2-6-18(21(27)28)22-15-20(26)24-13-11-17(12-14-24)23-19(25)10-9-16-7-4-3-5-8-16/h3-5,7-8,17-18,22H,2,6,9-15H2,1H3,(H,23,25)(H,27,28). The lowest BCUT2D eigenvalue weighted by Gasteiger charge is -2.32. The van der Waals surface area contributed by atoms with E-state index in [0.29, 0.717) is 25.9 Å². The third-order valence-corrected chi connectivity index (χ3v) is 5.07. The molecule has 1 saturated heterocycles. The summed E-state index contributed by atoms with van der Waals surface area (Å²) in [5.41, 5.74) is 1.15. The van der Waals surface area contributed by atoms with Crippen molar-refractivity contribution in [3.8, 4) is 0 Å². The first-order valence-electron chi connectivity index (χ1n) is 10.1. The molecule has 2 rings (SSSR count). The van der Waals surface area contributed by atoms with Crippen LogP contribution in [-0.4, -0.2) is 59.5 Å². The van der Waals surface area contributed by atoms with E-state index < -0.39 is 12.0 Å². The highest BCUT2D eigenvalue weighted by atomic mass is 16.4. The van der Waals surface area contributed by atoms with Gasteiger partial charge in [-0.05, 0) is 31.2 Å². The van der Waals surface area contributed by atoms with E-state index in [2.05, 4.69) is 10.6 Å². The maximum Gasteiger partial charge on any atom is 0.320 e. The molecule has 0 spiro atoms. The second kappa shape index (κ2) is 11.4. The first kappa shape index (κ1) is 21.9. The molecule has 0 bridgehead atoms. The summed E-state index contributed by atoms with van der Waals surface area (Å²) < 4.78 is 0.